The Hall–Kier alpha value is -0.830. The van der Waals surface area contributed by atoms with Gasteiger partial charge in [0.1, 0.15) is 6.54 Å². The number of halogens is 1. The molecule has 142 valence electrons. The van der Waals surface area contributed by atoms with Gasteiger partial charge >= 0.3 is 0 Å². The van der Waals surface area contributed by atoms with Crippen LogP contribution in [0.2, 0.25) is 0 Å². The number of thiophene rings is 1. The smallest absolute Gasteiger partial charge is 0.242 e. The van der Waals surface area contributed by atoms with Crippen molar-refractivity contribution in [2.45, 2.75) is 57.9 Å². The lowest BCUT2D eigenvalue weighted by molar-refractivity contribution is -0.120. The molecular weight excluding hydrogens is 447 g/mol. The highest BCUT2D eigenvalue weighted by atomic mass is 127. The lowest BCUT2D eigenvalue weighted by atomic mass is 9.95. The third-order valence-electron chi connectivity index (χ3n) is 4.30. The molecule has 0 spiro atoms. The van der Waals surface area contributed by atoms with E-state index in [0.717, 1.165) is 25.9 Å². The minimum atomic E-state index is 0. The Balaban J connectivity index is 0.00000312. The third-order valence-corrected chi connectivity index (χ3v) is 5.40. The normalized spacial score (nSPS) is 16.6. The van der Waals surface area contributed by atoms with Gasteiger partial charge in [-0.25, -0.2) is 4.99 Å². The van der Waals surface area contributed by atoms with E-state index in [2.05, 4.69) is 45.4 Å². The summed E-state index contributed by atoms with van der Waals surface area (Å²) in [6.45, 7) is 5.99. The maximum absolute atomic E-state index is 12.1. The number of rotatable bonds is 7. The van der Waals surface area contributed by atoms with E-state index in [0.29, 0.717) is 17.9 Å². The number of carbonyl (C=O) groups is 1. The number of guanidine groups is 1. The minimum Gasteiger partial charge on any atom is -0.357 e. The molecule has 1 atom stereocenters. The Morgan fingerprint density at radius 2 is 2.08 bits per heavy atom. The molecule has 0 aliphatic heterocycles. The van der Waals surface area contributed by atoms with Gasteiger partial charge in [0.05, 0.1) is 0 Å². The van der Waals surface area contributed by atoms with Gasteiger partial charge in [-0.2, -0.15) is 0 Å². The number of carbonyl (C=O) groups excluding carboxylic acids is 1. The molecule has 0 aromatic carbocycles. The fourth-order valence-corrected chi connectivity index (χ4v) is 3.72. The highest BCUT2D eigenvalue weighted by molar-refractivity contribution is 14.0. The summed E-state index contributed by atoms with van der Waals surface area (Å²) >= 11 is 1.77. The van der Waals surface area contributed by atoms with E-state index in [1.54, 1.807) is 11.3 Å². The monoisotopic (exact) mass is 478 g/mol. The summed E-state index contributed by atoms with van der Waals surface area (Å²) in [5.41, 5.74) is 0. The molecular formula is C18H31IN4OS. The number of nitrogens with zero attached hydrogens (tertiary/aromatic N) is 1. The van der Waals surface area contributed by atoms with Gasteiger partial charge in [-0.1, -0.05) is 32.3 Å². The summed E-state index contributed by atoms with van der Waals surface area (Å²) in [6.07, 6.45) is 5.94. The van der Waals surface area contributed by atoms with E-state index >= 15 is 0 Å². The molecule has 2 rings (SSSR count). The Morgan fingerprint density at radius 3 is 2.72 bits per heavy atom. The summed E-state index contributed by atoms with van der Waals surface area (Å²) in [5.74, 6) is 1.15. The minimum absolute atomic E-state index is 0. The highest BCUT2D eigenvalue weighted by Crippen LogP contribution is 2.19. The van der Waals surface area contributed by atoms with Gasteiger partial charge in [0.2, 0.25) is 5.91 Å². The number of amides is 1. The van der Waals surface area contributed by atoms with Crippen molar-refractivity contribution < 1.29 is 4.79 Å². The molecule has 1 unspecified atom stereocenters. The molecule has 1 aromatic rings. The zero-order valence-corrected chi connectivity index (χ0v) is 18.4. The molecule has 1 amide bonds. The van der Waals surface area contributed by atoms with Gasteiger partial charge in [-0.3, -0.25) is 4.79 Å². The van der Waals surface area contributed by atoms with E-state index in [4.69, 9.17) is 0 Å². The van der Waals surface area contributed by atoms with Gasteiger partial charge in [-0.05, 0) is 31.2 Å². The van der Waals surface area contributed by atoms with Gasteiger partial charge in [0, 0.05) is 29.9 Å². The zero-order chi connectivity index (χ0) is 17.2. The molecule has 3 N–H and O–H groups in total. The van der Waals surface area contributed by atoms with Crippen LogP contribution in [0, 0.1) is 0 Å². The first-order valence-electron chi connectivity index (χ1n) is 9.04. The number of hydrogen-bond acceptors (Lipinski definition) is 3. The van der Waals surface area contributed by atoms with E-state index in [1.807, 2.05) is 6.92 Å². The summed E-state index contributed by atoms with van der Waals surface area (Å²) in [5, 5.41) is 11.7. The first kappa shape index (κ1) is 22.2. The van der Waals surface area contributed by atoms with Crippen LogP contribution in [0.1, 0.15) is 56.7 Å². The van der Waals surface area contributed by atoms with Crippen molar-refractivity contribution in [3.05, 3.63) is 22.4 Å². The lowest BCUT2D eigenvalue weighted by Gasteiger charge is -2.22. The van der Waals surface area contributed by atoms with Crippen LogP contribution in [0.25, 0.3) is 0 Å². The Kier molecular flexibility index (Phi) is 11.1. The summed E-state index contributed by atoms with van der Waals surface area (Å²) in [6, 6.07) is 4.57. The fourth-order valence-electron chi connectivity index (χ4n) is 2.93. The van der Waals surface area contributed by atoms with E-state index in [1.165, 1.54) is 24.1 Å². The first-order chi connectivity index (χ1) is 11.7. The summed E-state index contributed by atoms with van der Waals surface area (Å²) < 4.78 is 0. The molecule has 0 saturated heterocycles. The van der Waals surface area contributed by atoms with Gasteiger partial charge in [0.25, 0.3) is 0 Å². The van der Waals surface area contributed by atoms with Crippen LogP contribution in [0.15, 0.2) is 22.5 Å². The predicted molar refractivity (Wildman–Crippen MR) is 117 cm³/mol. The molecule has 7 heteroatoms. The van der Waals surface area contributed by atoms with Crippen molar-refractivity contribution >= 4 is 47.2 Å². The quantitative estimate of drug-likeness (QED) is 0.320. The average Bonchev–Trinajstić information content (AvgIpc) is 3.12. The number of aliphatic imine (C=N–C) groups is 1. The van der Waals surface area contributed by atoms with Crippen LogP contribution in [0.5, 0.6) is 0 Å². The first-order valence-corrected chi connectivity index (χ1v) is 9.92. The Bertz CT molecular complexity index is 515. The van der Waals surface area contributed by atoms with E-state index in [-0.39, 0.29) is 36.4 Å². The van der Waals surface area contributed by atoms with Crippen molar-refractivity contribution in [3.63, 3.8) is 0 Å². The maximum atomic E-state index is 12.1. The van der Waals surface area contributed by atoms with Gasteiger partial charge in [0.15, 0.2) is 5.96 Å². The summed E-state index contributed by atoms with van der Waals surface area (Å²) in [7, 11) is 0. The standard InChI is InChI=1S/C18H30N4OS.HI/c1-3-19-18(20-12-14(2)16-10-7-11-24-16)21-13-17(23)22-15-8-5-4-6-9-15;/h7,10-11,14-15H,3-6,8-9,12-13H2,1-2H3,(H,22,23)(H2,19,20,21);1H. The molecule has 25 heavy (non-hydrogen) atoms. The lowest BCUT2D eigenvalue weighted by Crippen LogP contribution is -2.41. The van der Waals surface area contributed by atoms with Crippen LogP contribution >= 0.6 is 35.3 Å². The molecule has 1 fully saturated rings. The molecule has 1 aliphatic carbocycles. The molecule has 1 heterocycles. The van der Waals surface area contributed by atoms with Crippen LogP contribution in [0.3, 0.4) is 0 Å². The van der Waals surface area contributed by atoms with Crippen LogP contribution in [-0.4, -0.2) is 37.5 Å². The van der Waals surface area contributed by atoms with Gasteiger partial charge in [-0.15, -0.1) is 35.3 Å². The largest absolute Gasteiger partial charge is 0.357 e. The topological polar surface area (TPSA) is 65.5 Å². The molecule has 0 bridgehead atoms. The second-order valence-electron chi connectivity index (χ2n) is 6.39. The fraction of sp³-hybridized carbons (Fsp3) is 0.667. The van der Waals surface area contributed by atoms with Crippen molar-refractivity contribution in [1.82, 2.24) is 16.0 Å². The van der Waals surface area contributed by atoms with Crippen molar-refractivity contribution in [1.29, 1.82) is 0 Å². The molecule has 0 radical (unpaired) electrons. The zero-order valence-electron chi connectivity index (χ0n) is 15.2. The van der Waals surface area contributed by atoms with Crippen molar-refractivity contribution in [2.75, 3.05) is 19.6 Å². The van der Waals surface area contributed by atoms with Crippen LogP contribution < -0.4 is 16.0 Å². The van der Waals surface area contributed by atoms with Crippen LogP contribution in [0.4, 0.5) is 0 Å². The Morgan fingerprint density at radius 1 is 1.32 bits per heavy atom. The SMILES string of the molecule is CCNC(=NCC(=O)NC1CCCCC1)NCC(C)c1cccs1.I. The highest BCUT2D eigenvalue weighted by Gasteiger charge is 2.15. The van der Waals surface area contributed by atoms with E-state index in [9.17, 15) is 4.79 Å². The molecule has 1 aliphatic rings. The second kappa shape index (κ2) is 12.5. The third kappa shape index (κ3) is 8.40. The molecule has 1 saturated carbocycles. The van der Waals surface area contributed by atoms with Crippen LogP contribution in [-0.2, 0) is 4.79 Å². The Labute approximate surface area is 172 Å². The second-order valence-corrected chi connectivity index (χ2v) is 7.37. The number of hydrogen-bond donors (Lipinski definition) is 3. The summed E-state index contributed by atoms with van der Waals surface area (Å²) in [4.78, 5) is 17.8. The predicted octanol–water partition coefficient (Wildman–Crippen LogP) is 3.47. The maximum Gasteiger partial charge on any atom is 0.242 e. The van der Waals surface area contributed by atoms with Crippen molar-refractivity contribution in [2.24, 2.45) is 4.99 Å². The van der Waals surface area contributed by atoms with E-state index < -0.39 is 0 Å². The van der Waals surface area contributed by atoms with Gasteiger partial charge < -0.3 is 16.0 Å². The average molecular weight is 478 g/mol. The van der Waals surface area contributed by atoms with Crippen molar-refractivity contribution in [3.8, 4) is 0 Å². The molecule has 5 nitrogen and oxygen atoms in total. The number of nitrogens with one attached hydrogen (secondary N) is 3. The molecule has 1 aromatic heterocycles.